The average Bonchev–Trinajstić information content (AvgIpc) is 2.92. The Bertz CT molecular complexity index is 682. The van der Waals surface area contributed by atoms with Crippen LogP contribution < -0.4 is 15.8 Å². The highest BCUT2D eigenvalue weighted by Crippen LogP contribution is 2.29. The Morgan fingerprint density at radius 1 is 1.32 bits per heavy atom. The number of benzene rings is 1. The number of ether oxygens (including phenoxy) is 2. The van der Waals surface area contributed by atoms with Crippen molar-refractivity contribution in [2.24, 2.45) is 0 Å². The van der Waals surface area contributed by atoms with Crippen LogP contribution in [0, 0.1) is 0 Å². The van der Waals surface area contributed by atoms with Crippen molar-refractivity contribution < 1.29 is 19.1 Å². The van der Waals surface area contributed by atoms with Crippen LogP contribution in [0.5, 0.6) is 5.88 Å². The van der Waals surface area contributed by atoms with Gasteiger partial charge in [-0.25, -0.2) is 4.79 Å². The predicted molar refractivity (Wildman–Crippen MR) is 82.0 cm³/mol. The monoisotopic (exact) mass is 321 g/mol. The molecular weight excluding hydrogens is 306 g/mol. The third kappa shape index (κ3) is 3.34. The molecule has 0 fully saturated rings. The number of hydrogen-bond donors (Lipinski definition) is 2. The molecule has 116 valence electrons. The molecule has 0 atom stereocenters. The maximum absolute atomic E-state index is 11.6. The highest BCUT2D eigenvalue weighted by molar-refractivity contribution is 7.10. The number of carbonyl (C=O) groups is 2. The minimum atomic E-state index is -0.587. The Balaban J connectivity index is 2.07. The van der Waals surface area contributed by atoms with Crippen molar-refractivity contribution in [2.75, 3.05) is 19.9 Å². The third-order valence-corrected chi connectivity index (χ3v) is 3.55. The fourth-order valence-corrected chi connectivity index (χ4v) is 2.31. The van der Waals surface area contributed by atoms with E-state index in [2.05, 4.69) is 14.4 Å². The largest absolute Gasteiger partial charge is 0.472 e. The zero-order valence-corrected chi connectivity index (χ0v) is 12.9. The number of aromatic nitrogens is 1. The van der Waals surface area contributed by atoms with Crippen LogP contribution in [0.2, 0.25) is 0 Å². The number of rotatable bonds is 5. The summed E-state index contributed by atoms with van der Waals surface area (Å²) < 4.78 is 14.1. The zero-order chi connectivity index (χ0) is 16.1. The Labute approximate surface area is 131 Å². The van der Waals surface area contributed by atoms with E-state index in [4.69, 9.17) is 10.5 Å². The van der Waals surface area contributed by atoms with E-state index >= 15 is 0 Å². The minimum Gasteiger partial charge on any atom is -0.472 e. The van der Waals surface area contributed by atoms with Crippen molar-refractivity contribution in [3.63, 3.8) is 0 Å². The van der Waals surface area contributed by atoms with Gasteiger partial charge in [0.25, 0.3) is 5.91 Å². The number of methoxy groups -OCH3 is 1. The molecule has 0 aliphatic heterocycles. The predicted octanol–water partition coefficient (Wildman–Crippen LogP) is 1.45. The lowest BCUT2D eigenvalue weighted by Gasteiger charge is -2.06. The fraction of sp³-hybridized carbons (Fsp3) is 0.214. The van der Waals surface area contributed by atoms with Crippen molar-refractivity contribution in [1.82, 2.24) is 9.69 Å². The lowest BCUT2D eigenvalue weighted by molar-refractivity contribution is 0.0596. The second-order valence-corrected chi connectivity index (χ2v) is 5.09. The summed E-state index contributed by atoms with van der Waals surface area (Å²) in [5, 5.41) is 2.79. The second kappa shape index (κ2) is 6.90. The summed E-state index contributed by atoms with van der Waals surface area (Å²) in [4.78, 5) is 23.1. The first-order valence-electron chi connectivity index (χ1n) is 6.34. The average molecular weight is 321 g/mol. The normalized spacial score (nSPS) is 10.1. The van der Waals surface area contributed by atoms with Gasteiger partial charge in [0.2, 0.25) is 5.88 Å². The highest BCUT2D eigenvalue weighted by Gasteiger charge is 2.21. The molecule has 0 spiro atoms. The quantitative estimate of drug-likeness (QED) is 0.808. The standard InChI is InChI=1S/C14H15N3O4S/c1-16-12(18)9-5-3-8(4-6-9)7-21-13-10(14(19)20-2)11(15)22-17-13/h3-6H,7,15H2,1-2H3,(H,16,18). The van der Waals surface area contributed by atoms with Crippen molar-refractivity contribution in [1.29, 1.82) is 0 Å². The van der Waals surface area contributed by atoms with Gasteiger partial charge < -0.3 is 20.5 Å². The van der Waals surface area contributed by atoms with Gasteiger partial charge in [-0.2, -0.15) is 4.37 Å². The molecule has 1 aromatic carbocycles. The van der Waals surface area contributed by atoms with E-state index in [1.807, 2.05) is 0 Å². The van der Waals surface area contributed by atoms with Crippen molar-refractivity contribution >= 4 is 28.4 Å². The Hall–Kier alpha value is -2.61. The lowest BCUT2D eigenvalue weighted by atomic mass is 10.1. The number of anilines is 1. The Morgan fingerprint density at radius 2 is 2.00 bits per heavy atom. The molecule has 1 heterocycles. The summed E-state index contributed by atoms with van der Waals surface area (Å²) in [7, 11) is 2.83. The number of hydrogen-bond acceptors (Lipinski definition) is 7. The van der Waals surface area contributed by atoms with E-state index in [0.717, 1.165) is 17.1 Å². The van der Waals surface area contributed by atoms with Crippen LogP contribution in [-0.4, -0.2) is 30.4 Å². The van der Waals surface area contributed by atoms with E-state index in [0.29, 0.717) is 5.56 Å². The molecule has 0 aliphatic carbocycles. The summed E-state index contributed by atoms with van der Waals surface area (Å²) >= 11 is 0.968. The Kier molecular flexibility index (Phi) is 4.95. The van der Waals surface area contributed by atoms with Crippen LogP contribution in [-0.2, 0) is 11.3 Å². The molecule has 2 rings (SSSR count). The smallest absolute Gasteiger partial charge is 0.346 e. The first kappa shape index (κ1) is 15.8. The SMILES string of the molecule is CNC(=O)c1ccc(COc2nsc(N)c2C(=O)OC)cc1. The summed E-state index contributed by atoms with van der Waals surface area (Å²) in [5.41, 5.74) is 7.20. The van der Waals surface area contributed by atoms with Gasteiger partial charge in [0.05, 0.1) is 7.11 Å². The summed E-state index contributed by atoms with van der Waals surface area (Å²) in [6.07, 6.45) is 0. The number of carbonyl (C=O) groups excluding carboxylic acids is 2. The van der Waals surface area contributed by atoms with Crippen LogP contribution in [0.3, 0.4) is 0 Å². The first-order chi connectivity index (χ1) is 10.6. The number of nitrogens with zero attached hydrogens (tertiary/aromatic N) is 1. The van der Waals surface area contributed by atoms with Crippen LogP contribution in [0.1, 0.15) is 26.3 Å². The molecule has 0 bridgehead atoms. The minimum absolute atomic E-state index is 0.134. The molecule has 0 radical (unpaired) electrons. The summed E-state index contributed by atoms with van der Waals surface area (Å²) in [6.45, 7) is 0.196. The molecule has 3 N–H and O–H groups in total. The van der Waals surface area contributed by atoms with E-state index in [-0.39, 0.29) is 29.0 Å². The van der Waals surface area contributed by atoms with Gasteiger partial charge in [-0.1, -0.05) is 12.1 Å². The maximum atomic E-state index is 11.6. The molecular formula is C14H15N3O4S. The molecule has 1 amide bonds. The van der Waals surface area contributed by atoms with Gasteiger partial charge in [-0.3, -0.25) is 4.79 Å². The molecule has 8 heteroatoms. The van der Waals surface area contributed by atoms with E-state index in [9.17, 15) is 9.59 Å². The van der Waals surface area contributed by atoms with E-state index < -0.39 is 5.97 Å². The van der Waals surface area contributed by atoms with Crippen LogP contribution in [0.15, 0.2) is 24.3 Å². The third-order valence-electron chi connectivity index (χ3n) is 2.90. The van der Waals surface area contributed by atoms with Crippen LogP contribution in [0.25, 0.3) is 0 Å². The van der Waals surface area contributed by atoms with Crippen molar-refractivity contribution in [3.05, 3.63) is 41.0 Å². The number of nitrogen functional groups attached to an aromatic ring is 1. The van der Waals surface area contributed by atoms with Gasteiger partial charge in [-0.15, -0.1) is 0 Å². The van der Waals surface area contributed by atoms with Crippen LogP contribution >= 0.6 is 11.5 Å². The van der Waals surface area contributed by atoms with Gasteiger partial charge in [0.15, 0.2) is 5.56 Å². The summed E-state index contributed by atoms with van der Waals surface area (Å²) in [5.74, 6) is -0.603. The molecule has 0 saturated carbocycles. The molecule has 1 aromatic heterocycles. The Morgan fingerprint density at radius 3 is 2.59 bits per heavy atom. The van der Waals surface area contributed by atoms with Crippen LogP contribution in [0.4, 0.5) is 5.00 Å². The highest BCUT2D eigenvalue weighted by atomic mass is 32.1. The van der Waals surface area contributed by atoms with Gasteiger partial charge in [-0.05, 0) is 29.2 Å². The number of nitrogens with one attached hydrogen (secondary N) is 1. The molecule has 2 aromatic rings. The van der Waals surface area contributed by atoms with E-state index in [1.54, 1.807) is 31.3 Å². The van der Waals surface area contributed by atoms with Gasteiger partial charge >= 0.3 is 5.97 Å². The topological polar surface area (TPSA) is 104 Å². The molecule has 0 aliphatic rings. The maximum Gasteiger partial charge on any atom is 0.346 e. The molecule has 0 saturated heterocycles. The number of amides is 1. The van der Waals surface area contributed by atoms with Crippen molar-refractivity contribution in [2.45, 2.75) is 6.61 Å². The molecule has 7 nitrogen and oxygen atoms in total. The lowest BCUT2D eigenvalue weighted by Crippen LogP contribution is -2.17. The van der Waals surface area contributed by atoms with E-state index in [1.165, 1.54) is 7.11 Å². The fourth-order valence-electron chi connectivity index (χ4n) is 1.72. The number of nitrogens with two attached hydrogens (primary N) is 1. The molecule has 0 unspecified atom stereocenters. The summed E-state index contributed by atoms with van der Waals surface area (Å²) in [6, 6.07) is 6.90. The second-order valence-electron chi connectivity index (χ2n) is 4.28. The molecule has 22 heavy (non-hydrogen) atoms. The first-order valence-corrected chi connectivity index (χ1v) is 7.11. The van der Waals surface area contributed by atoms with Gasteiger partial charge in [0.1, 0.15) is 11.6 Å². The van der Waals surface area contributed by atoms with Gasteiger partial charge in [0, 0.05) is 12.6 Å². The van der Waals surface area contributed by atoms with Crippen molar-refractivity contribution in [3.8, 4) is 5.88 Å². The number of esters is 1. The zero-order valence-electron chi connectivity index (χ0n) is 12.1.